The molecule has 110 valence electrons. The smallest absolute Gasteiger partial charge is 0.410 e. The molecule has 5 heteroatoms. The van der Waals surface area contributed by atoms with Gasteiger partial charge in [0.2, 0.25) is 0 Å². The van der Waals surface area contributed by atoms with Gasteiger partial charge in [0.15, 0.2) is 0 Å². The van der Waals surface area contributed by atoms with Crippen molar-refractivity contribution >= 4 is 22.0 Å². The van der Waals surface area contributed by atoms with E-state index in [-0.39, 0.29) is 18.3 Å². The Kier molecular flexibility index (Phi) is 4.39. The second kappa shape index (κ2) is 5.74. The summed E-state index contributed by atoms with van der Waals surface area (Å²) in [5.74, 6) is 0. The zero-order valence-corrected chi connectivity index (χ0v) is 13.8. The van der Waals surface area contributed by atoms with Crippen LogP contribution in [-0.4, -0.2) is 36.3 Å². The maximum Gasteiger partial charge on any atom is 0.410 e. The lowest BCUT2D eigenvalue weighted by Gasteiger charge is -2.24. The van der Waals surface area contributed by atoms with Crippen LogP contribution < -0.4 is 0 Å². The van der Waals surface area contributed by atoms with E-state index in [9.17, 15) is 4.79 Å². The van der Waals surface area contributed by atoms with E-state index in [4.69, 9.17) is 9.47 Å². The van der Waals surface area contributed by atoms with Gasteiger partial charge in [0.1, 0.15) is 17.8 Å². The van der Waals surface area contributed by atoms with Gasteiger partial charge in [0, 0.05) is 11.5 Å². The number of nitrogens with zero attached hydrogens (tertiary/aromatic N) is 1. The summed E-state index contributed by atoms with van der Waals surface area (Å²) in [6, 6.07) is 8.04. The fourth-order valence-corrected chi connectivity index (χ4v) is 2.18. The van der Waals surface area contributed by atoms with E-state index in [0.29, 0.717) is 6.54 Å². The lowest BCUT2D eigenvalue weighted by molar-refractivity contribution is 0.0288. The highest BCUT2D eigenvalue weighted by Gasteiger charge is 2.41. The monoisotopic (exact) mass is 341 g/mol. The molecule has 0 aliphatic carbocycles. The van der Waals surface area contributed by atoms with Gasteiger partial charge in [0.05, 0.1) is 6.54 Å². The third kappa shape index (κ3) is 4.21. The summed E-state index contributed by atoms with van der Waals surface area (Å²) in [6.07, 6.45) is -0.191. The van der Waals surface area contributed by atoms with E-state index >= 15 is 0 Å². The first kappa shape index (κ1) is 15.3. The van der Waals surface area contributed by atoms with Crippen LogP contribution in [0.4, 0.5) is 4.79 Å². The van der Waals surface area contributed by atoms with Crippen molar-refractivity contribution in [2.75, 3.05) is 13.6 Å². The Morgan fingerprint density at radius 2 is 1.95 bits per heavy atom. The van der Waals surface area contributed by atoms with Crippen molar-refractivity contribution < 1.29 is 14.3 Å². The van der Waals surface area contributed by atoms with Crippen molar-refractivity contribution in [2.24, 2.45) is 0 Å². The van der Waals surface area contributed by atoms with Gasteiger partial charge in [-0.25, -0.2) is 4.79 Å². The summed E-state index contributed by atoms with van der Waals surface area (Å²) in [5.41, 5.74) is 0.664. The van der Waals surface area contributed by atoms with Gasteiger partial charge >= 0.3 is 6.09 Å². The molecule has 2 rings (SSSR count). The van der Waals surface area contributed by atoms with Crippen molar-refractivity contribution in [3.8, 4) is 0 Å². The predicted octanol–water partition coefficient (Wildman–Crippen LogP) is 3.76. The average Bonchev–Trinajstić information content (AvgIpc) is 3.07. The number of halogens is 1. The maximum absolute atomic E-state index is 11.9. The van der Waals surface area contributed by atoms with Crippen molar-refractivity contribution in [2.45, 2.75) is 38.6 Å². The summed E-state index contributed by atoms with van der Waals surface area (Å²) >= 11 is 3.41. The standard InChI is InChI=1S/C15H20BrNO3/c1-15(2,3)20-14(18)17(4)9-12-13(19-12)10-5-7-11(16)8-6-10/h5-8,12-13H,9H2,1-4H3. The zero-order valence-electron chi connectivity index (χ0n) is 12.2. The van der Waals surface area contributed by atoms with Crippen molar-refractivity contribution in [3.05, 3.63) is 34.3 Å². The molecular weight excluding hydrogens is 322 g/mol. The second-order valence-corrected chi connectivity index (χ2v) is 6.92. The van der Waals surface area contributed by atoms with Gasteiger partial charge in [-0.3, -0.25) is 0 Å². The van der Waals surface area contributed by atoms with Gasteiger partial charge in [-0.1, -0.05) is 28.1 Å². The Hall–Kier alpha value is -1.07. The molecule has 0 saturated carbocycles. The topological polar surface area (TPSA) is 42.1 Å². The van der Waals surface area contributed by atoms with Crippen LogP contribution >= 0.6 is 15.9 Å². The molecule has 1 amide bonds. The number of likely N-dealkylation sites (N-methyl/N-ethyl adjacent to an activating group) is 1. The Labute approximate surface area is 128 Å². The minimum Gasteiger partial charge on any atom is -0.444 e. The zero-order chi connectivity index (χ0) is 14.9. The minimum atomic E-state index is -0.471. The summed E-state index contributed by atoms with van der Waals surface area (Å²) < 4.78 is 12.0. The summed E-state index contributed by atoms with van der Waals surface area (Å²) in [7, 11) is 1.73. The van der Waals surface area contributed by atoms with Crippen LogP contribution in [0.3, 0.4) is 0 Å². The fraction of sp³-hybridized carbons (Fsp3) is 0.533. The number of epoxide rings is 1. The SMILES string of the molecule is CN(CC1OC1c1ccc(Br)cc1)C(=O)OC(C)(C)C. The Morgan fingerprint density at radius 3 is 2.50 bits per heavy atom. The second-order valence-electron chi connectivity index (χ2n) is 6.01. The normalized spacial score (nSPS) is 21.4. The van der Waals surface area contributed by atoms with E-state index < -0.39 is 5.60 Å². The number of rotatable bonds is 3. The molecule has 1 saturated heterocycles. The van der Waals surface area contributed by atoms with Gasteiger partial charge < -0.3 is 14.4 Å². The van der Waals surface area contributed by atoms with Crippen molar-refractivity contribution in [3.63, 3.8) is 0 Å². The first-order chi connectivity index (χ1) is 9.26. The van der Waals surface area contributed by atoms with Crippen LogP contribution in [0.5, 0.6) is 0 Å². The molecular formula is C15H20BrNO3. The quantitative estimate of drug-likeness (QED) is 0.786. The van der Waals surface area contributed by atoms with Crippen LogP contribution in [0.1, 0.15) is 32.4 Å². The molecule has 1 aromatic rings. The highest BCUT2D eigenvalue weighted by molar-refractivity contribution is 9.10. The first-order valence-corrected chi connectivity index (χ1v) is 7.40. The number of benzene rings is 1. The summed E-state index contributed by atoms with van der Waals surface area (Å²) in [4.78, 5) is 13.4. The molecule has 1 aromatic carbocycles. The maximum atomic E-state index is 11.9. The molecule has 2 atom stereocenters. The number of carbonyl (C=O) groups excluding carboxylic acids is 1. The number of ether oxygens (including phenoxy) is 2. The number of hydrogen-bond donors (Lipinski definition) is 0. The number of amides is 1. The highest BCUT2D eigenvalue weighted by Crippen LogP contribution is 2.39. The highest BCUT2D eigenvalue weighted by atomic mass is 79.9. The Morgan fingerprint density at radius 1 is 1.35 bits per heavy atom. The van der Waals surface area contributed by atoms with E-state index in [0.717, 1.165) is 10.0 Å². The van der Waals surface area contributed by atoms with Crippen LogP contribution in [0.15, 0.2) is 28.7 Å². The van der Waals surface area contributed by atoms with Gasteiger partial charge in [-0.15, -0.1) is 0 Å². The molecule has 0 bridgehead atoms. The third-order valence-corrected chi connectivity index (χ3v) is 3.47. The summed E-state index contributed by atoms with van der Waals surface area (Å²) in [5, 5.41) is 0. The number of carbonyl (C=O) groups is 1. The van der Waals surface area contributed by atoms with Gasteiger partial charge in [-0.2, -0.15) is 0 Å². The van der Waals surface area contributed by atoms with Gasteiger partial charge in [-0.05, 0) is 38.5 Å². The molecule has 20 heavy (non-hydrogen) atoms. The minimum absolute atomic E-state index is 0.0497. The Balaban J connectivity index is 1.84. The molecule has 1 aliphatic heterocycles. The van der Waals surface area contributed by atoms with E-state index in [1.54, 1.807) is 11.9 Å². The van der Waals surface area contributed by atoms with Crippen LogP contribution in [0.25, 0.3) is 0 Å². The number of hydrogen-bond acceptors (Lipinski definition) is 3. The predicted molar refractivity (Wildman–Crippen MR) is 80.6 cm³/mol. The molecule has 1 fully saturated rings. The largest absolute Gasteiger partial charge is 0.444 e. The van der Waals surface area contributed by atoms with Crippen molar-refractivity contribution in [1.82, 2.24) is 4.90 Å². The van der Waals surface area contributed by atoms with Crippen LogP contribution in [-0.2, 0) is 9.47 Å². The molecule has 0 radical (unpaired) electrons. The third-order valence-electron chi connectivity index (χ3n) is 2.94. The van der Waals surface area contributed by atoms with Crippen LogP contribution in [0.2, 0.25) is 0 Å². The molecule has 4 nitrogen and oxygen atoms in total. The Bertz CT molecular complexity index is 481. The van der Waals surface area contributed by atoms with E-state index in [1.165, 1.54) is 0 Å². The molecule has 0 N–H and O–H groups in total. The van der Waals surface area contributed by atoms with E-state index in [1.807, 2.05) is 45.0 Å². The first-order valence-electron chi connectivity index (χ1n) is 6.61. The molecule has 1 aliphatic rings. The summed E-state index contributed by atoms with van der Waals surface area (Å²) in [6.45, 7) is 6.11. The lowest BCUT2D eigenvalue weighted by Crippen LogP contribution is -2.36. The van der Waals surface area contributed by atoms with Gasteiger partial charge in [0.25, 0.3) is 0 Å². The lowest BCUT2D eigenvalue weighted by atomic mass is 10.1. The molecule has 1 heterocycles. The average molecular weight is 342 g/mol. The van der Waals surface area contributed by atoms with Crippen LogP contribution in [0, 0.1) is 0 Å². The van der Waals surface area contributed by atoms with E-state index in [2.05, 4.69) is 15.9 Å². The molecule has 0 spiro atoms. The van der Waals surface area contributed by atoms with Crippen molar-refractivity contribution in [1.29, 1.82) is 0 Å². The molecule has 2 unspecified atom stereocenters. The molecule has 0 aromatic heterocycles. The fourth-order valence-electron chi connectivity index (χ4n) is 1.91.